The summed E-state index contributed by atoms with van der Waals surface area (Å²) in [7, 11) is 0.970. The number of ether oxygens (including phenoxy) is 1. The number of unbranched alkanes of at least 4 members (excludes halogenated alkanes) is 1. The summed E-state index contributed by atoms with van der Waals surface area (Å²) in [6.07, 6.45) is 7.73. The minimum absolute atomic E-state index is 0.0409. The quantitative estimate of drug-likeness (QED) is 0.0815. The van der Waals surface area contributed by atoms with Crippen LogP contribution in [0.1, 0.15) is 65.4 Å². The van der Waals surface area contributed by atoms with Crippen molar-refractivity contribution in [2.75, 3.05) is 12.4 Å². The van der Waals surface area contributed by atoms with E-state index >= 15 is 0 Å². The molecule has 0 bridgehead atoms. The number of halogens is 4. The van der Waals surface area contributed by atoms with Gasteiger partial charge in [0.1, 0.15) is 17.7 Å². The van der Waals surface area contributed by atoms with E-state index in [1.165, 1.54) is 0 Å². The fourth-order valence-electron chi connectivity index (χ4n) is 5.12. The lowest BCUT2D eigenvalue weighted by atomic mass is 10.0. The summed E-state index contributed by atoms with van der Waals surface area (Å²) in [6, 6.07) is 9.98. The Morgan fingerprint density at radius 2 is 1.80 bits per heavy atom. The number of rotatable bonds is 14. The van der Waals surface area contributed by atoms with Crippen LogP contribution in [-0.2, 0) is 25.4 Å². The van der Waals surface area contributed by atoms with Gasteiger partial charge in [-0.15, -0.1) is 0 Å². The van der Waals surface area contributed by atoms with Crippen molar-refractivity contribution >= 4 is 59.6 Å². The van der Waals surface area contributed by atoms with Gasteiger partial charge < -0.3 is 24.2 Å². The van der Waals surface area contributed by atoms with Crippen LogP contribution in [0.5, 0.6) is 0 Å². The number of anilines is 1. The Bertz CT molecular complexity index is 1610. The fourth-order valence-corrected chi connectivity index (χ4v) is 5.84. The molecule has 0 fully saturated rings. The topological polar surface area (TPSA) is 84.7 Å². The number of benzene rings is 2. The molecule has 3 aromatic rings. The lowest BCUT2D eigenvalue weighted by Gasteiger charge is -2.20. The average Bonchev–Trinajstić information content (AvgIpc) is 3.56. The smallest absolute Gasteiger partial charge is 0.380 e. The number of nitrogens with zero attached hydrogens (tertiary/aromatic N) is 2. The molecule has 2 aromatic carbocycles. The molecule has 0 spiro atoms. The van der Waals surface area contributed by atoms with Crippen molar-refractivity contribution in [2.45, 2.75) is 56.6 Å². The van der Waals surface area contributed by atoms with Crippen LogP contribution in [0, 0.1) is 25.5 Å². The van der Waals surface area contributed by atoms with E-state index in [0.717, 1.165) is 46.1 Å². The number of carbonyl (C=O) groups excluding carboxylic acids is 2. The van der Waals surface area contributed by atoms with Crippen LogP contribution in [0.15, 0.2) is 65.3 Å². The first-order valence-corrected chi connectivity index (χ1v) is 16.1. The molecule has 236 valence electrons. The number of hydrogen-bond donors (Lipinski definition) is 2. The number of nitrogens with one attached hydrogen (secondary N) is 2. The summed E-state index contributed by atoms with van der Waals surface area (Å²) in [5.41, 5.74) is 5.51. The van der Waals surface area contributed by atoms with Gasteiger partial charge >= 0.3 is 7.69 Å². The first-order valence-electron chi connectivity index (χ1n) is 14.6. The minimum Gasteiger partial charge on any atom is -0.380 e. The van der Waals surface area contributed by atoms with Crippen molar-refractivity contribution < 1.29 is 27.4 Å². The molecule has 1 aromatic heterocycles. The number of hydrogen-bond acceptors (Lipinski definition) is 4. The third kappa shape index (κ3) is 8.97. The average molecular weight is 730 g/mol. The number of amides is 2. The minimum atomic E-state index is -1.09. The Hall–Kier alpha value is -3.65. The highest BCUT2D eigenvalue weighted by Crippen LogP contribution is 2.24. The zero-order chi connectivity index (χ0) is 32.5. The highest BCUT2D eigenvalue weighted by atomic mass is 127. The van der Waals surface area contributed by atoms with Gasteiger partial charge in [-0.25, -0.2) is 8.78 Å². The van der Waals surface area contributed by atoms with E-state index in [1.54, 1.807) is 35.9 Å². The van der Waals surface area contributed by atoms with Crippen molar-refractivity contribution in [3.63, 3.8) is 0 Å². The first-order chi connectivity index (χ1) is 21.6. The second-order valence-corrected chi connectivity index (χ2v) is 11.6. The van der Waals surface area contributed by atoms with Crippen LogP contribution in [0.3, 0.4) is 0 Å². The van der Waals surface area contributed by atoms with Crippen LogP contribution in [-0.4, -0.2) is 36.8 Å². The molecule has 2 N–H and O–H groups in total. The molecule has 1 atom stereocenters. The van der Waals surface area contributed by atoms with Crippen molar-refractivity contribution in [2.24, 2.45) is 4.99 Å². The van der Waals surface area contributed by atoms with Crippen molar-refractivity contribution in [3.8, 4) is 0 Å². The van der Waals surface area contributed by atoms with Gasteiger partial charge in [0, 0.05) is 46.3 Å². The number of aryl methyl sites for hydroxylation is 2. The number of aromatic nitrogens is 1. The van der Waals surface area contributed by atoms with E-state index in [2.05, 4.69) is 15.6 Å². The Kier molecular flexibility index (Phi) is 12.2. The van der Waals surface area contributed by atoms with Gasteiger partial charge in [-0.05, 0) is 86.2 Å². The van der Waals surface area contributed by atoms with E-state index in [4.69, 9.17) is 4.74 Å². The van der Waals surface area contributed by atoms with Crippen LogP contribution < -0.4 is 10.6 Å². The lowest BCUT2D eigenvalue weighted by molar-refractivity contribution is -0.126. The lowest BCUT2D eigenvalue weighted by Crippen LogP contribution is -2.37. The maximum absolute atomic E-state index is 14.4. The summed E-state index contributed by atoms with van der Waals surface area (Å²) in [5, 5.41) is 5.32. The molecular weight excluding hydrogens is 695 g/mol. The molecular formula is C33H35BF3IN4O3. The molecule has 7 nitrogen and oxygen atoms in total. The van der Waals surface area contributed by atoms with Crippen molar-refractivity contribution in [3.05, 3.63) is 106 Å². The predicted molar refractivity (Wildman–Crippen MR) is 181 cm³/mol. The Morgan fingerprint density at radius 3 is 2.44 bits per heavy atom. The third-order valence-corrected chi connectivity index (χ3v) is 8.25. The largest absolute Gasteiger partial charge is 0.448 e. The SMILES string of the molecule is COCc1ccc(C(NC(=O)CCCCC2=N/C(=C\c3c(C)cc(C)n3BF)C=C2)C(=O)Nc2cc(F)c(CI)c(F)c2)cc1. The fraction of sp³-hybridized carbons (Fsp3) is 0.303. The van der Waals surface area contributed by atoms with Crippen molar-refractivity contribution in [1.29, 1.82) is 0 Å². The van der Waals surface area contributed by atoms with Gasteiger partial charge in [-0.2, -0.15) is 0 Å². The summed E-state index contributed by atoms with van der Waals surface area (Å²) in [5.74, 6) is -2.48. The van der Waals surface area contributed by atoms with Gasteiger partial charge in [0.05, 0.1) is 12.3 Å². The molecule has 1 aliphatic heterocycles. The second kappa shape index (κ2) is 16.1. The van der Waals surface area contributed by atoms with E-state index < -0.39 is 31.3 Å². The van der Waals surface area contributed by atoms with Crippen LogP contribution in [0.2, 0.25) is 0 Å². The number of allylic oxidation sites excluding steroid dienone is 2. The van der Waals surface area contributed by atoms with Crippen LogP contribution in [0.4, 0.5) is 18.8 Å². The summed E-state index contributed by atoms with van der Waals surface area (Å²) >= 11 is 1.87. The maximum Gasteiger partial charge on any atom is 0.448 e. The summed E-state index contributed by atoms with van der Waals surface area (Å²) in [6.45, 7) is 4.19. The molecule has 12 heteroatoms. The molecule has 0 radical (unpaired) electrons. The van der Waals surface area contributed by atoms with E-state index in [-0.39, 0.29) is 28.0 Å². The normalized spacial score (nSPS) is 14.0. The number of alkyl halides is 1. The molecule has 45 heavy (non-hydrogen) atoms. The van der Waals surface area contributed by atoms with E-state index in [1.807, 2.05) is 60.7 Å². The molecule has 4 rings (SSSR count). The van der Waals surface area contributed by atoms with Crippen LogP contribution >= 0.6 is 22.6 Å². The zero-order valence-electron chi connectivity index (χ0n) is 25.4. The summed E-state index contributed by atoms with van der Waals surface area (Å²) in [4.78, 5) is 30.9. The van der Waals surface area contributed by atoms with Crippen molar-refractivity contribution in [1.82, 2.24) is 9.79 Å². The zero-order valence-corrected chi connectivity index (χ0v) is 27.6. The number of carbonyl (C=O) groups is 2. The monoisotopic (exact) mass is 730 g/mol. The van der Waals surface area contributed by atoms with Gasteiger partial charge in [0.2, 0.25) is 5.91 Å². The molecule has 0 aliphatic carbocycles. The van der Waals surface area contributed by atoms with E-state index in [9.17, 15) is 22.7 Å². The Morgan fingerprint density at radius 1 is 1.09 bits per heavy atom. The van der Waals surface area contributed by atoms with E-state index in [0.29, 0.717) is 31.4 Å². The highest BCUT2D eigenvalue weighted by Gasteiger charge is 2.24. The molecule has 0 saturated heterocycles. The predicted octanol–water partition coefficient (Wildman–Crippen LogP) is 6.96. The van der Waals surface area contributed by atoms with Gasteiger partial charge in [0.25, 0.3) is 5.91 Å². The third-order valence-electron chi connectivity index (χ3n) is 7.49. The maximum atomic E-state index is 14.4. The van der Waals surface area contributed by atoms with Gasteiger partial charge in [0.15, 0.2) is 0 Å². The number of aliphatic imine (C=N–C) groups is 1. The standard InChI is InChI=1S/C33H35BF3IN4O3/c1-20-14-21(2)42(34-37)30(20)17-25-13-12-24(39-25)6-4-5-7-31(43)41-32(23-10-8-22(9-11-23)19-45-3)33(44)40-26-15-28(35)27(18-38)29(36)16-26/h8-17,32,34H,4-7,18-19H2,1-3H3,(H,40,44)(H,41,43)/b25-17-. The molecule has 2 heterocycles. The van der Waals surface area contributed by atoms with Crippen LogP contribution in [0.25, 0.3) is 6.08 Å². The van der Waals surface area contributed by atoms with Gasteiger partial charge in [-0.1, -0.05) is 46.9 Å². The Labute approximate surface area is 275 Å². The Balaban J connectivity index is 1.37. The highest BCUT2D eigenvalue weighted by molar-refractivity contribution is 14.1. The molecule has 2 amide bonds. The molecule has 1 unspecified atom stereocenters. The van der Waals surface area contributed by atoms with Gasteiger partial charge in [-0.3, -0.25) is 14.6 Å². The number of methoxy groups -OCH3 is 1. The first kappa shape index (κ1) is 34.2. The molecule has 1 aliphatic rings. The second-order valence-electron chi connectivity index (χ2n) is 10.8. The summed E-state index contributed by atoms with van der Waals surface area (Å²) < 4.78 is 49.1. The molecule has 0 saturated carbocycles.